The van der Waals surface area contributed by atoms with Gasteiger partial charge in [-0.15, -0.1) is 0 Å². The van der Waals surface area contributed by atoms with E-state index in [4.69, 9.17) is 29.7 Å². The first-order valence-electron chi connectivity index (χ1n) is 2.72. The van der Waals surface area contributed by atoms with Crippen molar-refractivity contribution in [1.29, 1.82) is 0 Å². The third-order valence-corrected chi connectivity index (χ3v) is 0. The van der Waals surface area contributed by atoms with E-state index in [1.165, 1.54) is 0 Å². The maximum Gasteiger partial charge on any atom is 1.00 e. The number of rotatable bonds is 0. The first-order valence-corrected chi connectivity index (χ1v) is 2.72. The van der Waals surface area contributed by atoms with E-state index in [2.05, 4.69) is 0 Å². The van der Waals surface area contributed by atoms with E-state index in [-0.39, 0.29) is 99.8 Å². The van der Waals surface area contributed by atoms with Crippen LogP contribution in [0.3, 0.4) is 0 Å². The molecular formula is C6H9KLiNaO6. The Balaban J connectivity index is -0.0000000184. The van der Waals surface area contributed by atoms with Gasteiger partial charge in [0.2, 0.25) is 0 Å². The molecule has 72 valence electrons. The van der Waals surface area contributed by atoms with Crippen LogP contribution in [0.1, 0.15) is 20.8 Å². The van der Waals surface area contributed by atoms with E-state index in [0.717, 1.165) is 20.8 Å². The van der Waals surface area contributed by atoms with Gasteiger partial charge in [-0.1, -0.05) is 0 Å². The predicted molar refractivity (Wildman–Crippen MR) is 32.0 cm³/mol. The first-order chi connectivity index (χ1) is 5.20. The van der Waals surface area contributed by atoms with E-state index in [0.29, 0.717) is 0 Å². The molecule has 0 N–H and O–H groups in total. The van der Waals surface area contributed by atoms with Crippen LogP contribution in [0.4, 0.5) is 0 Å². The van der Waals surface area contributed by atoms with Crippen molar-refractivity contribution in [2.75, 3.05) is 0 Å². The minimum atomic E-state index is -1.08. The first kappa shape index (κ1) is 36.0. The standard InChI is InChI=1S/3C2H4O2.K.Li.Na/c3*1-2(3)4;;;/h3*1H3,(H,3,4);;;/q;;;3*+1/p-3. The molecule has 0 heterocycles. The molecule has 0 rings (SSSR count). The van der Waals surface area contributed by atoms with Gasteiger partial charge < -0.3 is 29.7 Å². The molecule has 0 aliphatic heterocycles. The summed E-state index contributed by atoms with van der Waals surface area (Å²) in [5.41, 5.74) is 0. The second kappa shape index (κ2) is 29.6. The van der Waals surface area contributed by atoms with Crippen molar-refractivity contribution in [2.24, 2.45) is 0 Å². The van der Waals surface area contributed by atoms with Crippen LogP contribution in [0.2, 0.25) is 0 Å². The molecule has 0 amide bonds. The Kier molecular flexibility index (Phi) is 71.0. The quantitative estimate of drug-likeness (QED) is 0.391. The molecule has 0 saturated carbocycles. The number of hydrogen-bond acceptors (Lipinski definition) is 6. The second-order valence-corrected chi connectivity index (χ2v) is 1.47. The average Bonchev–Trinajstić information content (AvgIpc) is 1.54. The summed E-state index contributed by atoms with van der Waals surface area (Å²) in [4.78, 5) is 26.7. The third-order valence-electron chi connectivity index (χ3n) is 0. The number of carbonyl (C=O) groups is 3. The average molecular weight is 246 g/mol. The topological polar surface area (TPSA) is 120 Å². The Morgan fingerprint density at radius 1 is 0.733 bits per heavy atom. The Bertz CT molecular complexity index is 125. The van der Waals surface area contributed by atoms with Crippen LogP contribution in [0.15, 0.2) is 0 Å². The summed E-state index contributed by atoms with van der Waals surface area (Å²) < 4.78 is 0. The van der Waals surface area contributed by atoms with Crippen LogP contribution in [-0.2, 0) is 14.4 Å². The van der Waals surface area contributed by atoms with Gasteiger partial charge in [-0.05, 0) is 20.8 Å². The van der Waals surface area contributed by atoms with Gasteiger partial charge >= 0.3 is 99.8 Å². The normalized spacial score (nSPS) is 5.00. The fourth-order valence-corrected chi connectivity index (χ4v) is 0. The molecule has 0 aromatic heterocycles. The van der Waals surface area contributed by atoms with Crippen LogP contribution in [0.5, 0.6) is 0 Å². The molecule has 0 unspecified atom stereocenters. The number of hydrogen-bond donors (Lipinski definition) is 0. The molecular weight excluding hydrogens is 237 g/mol. The van der Waals surface area contributed by atoms with E-state index < -0.39 is 17.9 Å². The van der Waals surface area contributed by atoms with Crippen molar-refractivity contribution in [3.8, 4) is 0 Å². The summed E-state index contributed by atoms with van der Waals surface area (Å²) in [7, 11) is 0. The van der Waals surface area contributed by atoms with Crippen LogP contribution >= 0.6 is 0 Å². The summed E-state index contributed by atoms with van der Waals surface area (Å²) in [6.07, 6.45) is 0. The molecule has 0 saturated heterocycles. The molecule has 0 aromatic carbocycles. The van der Waals surface area contributed by atoms with Gasteiger partial charge in [-0.3, -0.25) is 0 Å². The van der Waals surface area contributed by atoms with Crippen molar-refractivity contribution in [2.45, 2.75) is 20.8 Å². The number of carbonyl (C=O) groups excluding carboxylic acids is 3. The summed E-state index contributed by atoms with van der Waals surface area (Å²) in [6, 6.07) is 0. The zero-order valence-corrected chi connectivity index (χ0v) is 15.1. The third kappa shape index (κ3) is 1080. The molecule has 15 heavy (non-hydrogen) atoms. The minimum absolute atomic E-state index is 0. The Hall–Kier alpha value is 1.64. The molecule has 0 aliphatic carbocycles. The van der Waals surface area contributed by atoms with E-state index in [1.807, 2.05) is 0 Å². The summed E-state index contributed by atoms with van der Waals surface area (Å²) in [5.74, 6) is -3.25. The molecule has 0 bridgehead atoms. The van der Waals surface area contributed by atoms with Crippen LogP contribution in [-0.4, -0.2) is 17.9 Å². The van der Waals surface area contributed by atoms with Gasteiger partial charge in [-0.25, -0.2) is 0 Å². The molecule has 0 atom stereocenters. The molecule has 9 heteroatoms. The van der Waals surface area contributed by atoms with Crippen molar-refractivity contribution in [3.63, 3.8) is 0 Å². The maximum absolute atomic E-state index is 8.89. The fraction of sp³-hybridized carbons (Fsp3) is 0.500. The van der Waals surface area contributed by atoms with Crippen molar-refractivity contribution in [3.05, 3.63) is 0 Å². The van der Waals surface area contributed by atoms with E-state index in [9.17, 15) is 0 Å². The van der Waals surface area contributed by atoms with Gasteiger partial charge in [0.05, 0.1) is 0 Å². The number of carboxylic acids is 3. The minimum Gasteiger partial charge on any atom is -0.550 e. The van der Waals surface area contributed by atoms with Crippen LogP contribution < -0.4 is 115 Å². The smallest absolute Gasteiger partial charge is 0.550 e. The summed E-state index contributed by atoms with van der Waals surface area (Å²) >= 11 is 0. The molecule has 0 aromatic rings. The van der Waals surface area contributed by atoms with Crippen molar-refractivity contribution >= 4 is 17.9 Å². The van der Waals surface area contributed by atoms with Crippen molar-refractivity contribution in [1.82, 2.24) is 0 Å². The fourth-order valence-electron chi connectivity index (χ4n) is 0. The van der Waals surface area contributed by atoms with Crippen LogP contribution in [0, 0.1) is 0 Å². The second-order valence-electron chi connectivity index (χ2n) is 1.47. The molecule has 0 fully saturated rings. The predicted octanol–water partition coefficient (Wildman–Crippen LogP) is -12.7. The Labute approximate surface area is 165 Å². The summed E-state index contributed by atoms with van der Waals surface area (Å²) in [6.45, 7) is 2.92. The summed E-state index contributed by atoms with van der Waals surface area (Å²) in [5, 5.41) is 26.7. The number of aliphatic carboxylic acids is 3. The van der Waals surface area contributed by atoms with Gasteiger partial charge in [-0.2, -0.15) is 0 Å². The Morgan fingerprint density at radius 3 is 0.733 bits per heavy atom. The van der Waals surface area contributed by atoms with Crippen molar-refractivity contribution < 1.29 is 130 Å². The zero-order chi connectivity index (χ0) is 10.7. The van der Waals surface area contributed by atoms with E-state index >= 15 is 0 Å². The van der Waals surface area contributed by atoms with E-state index in [1.54, 1.807) is 0 Å². The molecule has 0 spiro atoms. The monoisotopic (exact) mass is 246 g/mol. The van der Waals surface area contributed by atoms with Gasteiger partial charge in [0.15, 0.2) is 0 Å². The van der Waals surface area contributed by atoms with Gasteiger partial charge in [0.25, 0.3) is 0 Å². The SMILES string of the molecule is CC(=O)[O-].CC(=O)[O-].CC(=O)[O-].[K+].[Li+].[Na+]. The molecule has 0 aliphatic rings. The van der Waals surface area contributed by atoms with Crippen LogP contribution in [0.25, 0.3) is 0 Å². The zero-order valence-electron chi connectivity index (χ0n) is 9.95. The molecule has 6 nitrogen and oxygen atoms in total. The molecule has 0 radical (unpaired) electrons. The Morgan fingerprint density at radius 2 is 0.733 bits per heavy atom. The van der Waals surface area contributed by atoms with Gasteiger partial charge in [0.1, 0.15) is 0 Å². The number of carboxylic acid groups (broad SMARTS) is 3. The van der Waals surface area contributed by atoms with Gasteiger partial charge in [0, 0.05) is 17.9 Å². The maximum atomic E-state index is 8.89. The largest absolute Gasteiger partial charge is 1.00 e.